The Bertz CT molecular complexity index is 814. The van der Waals surface area contributed by atoms with Crippen molar-refractivity contribution in [2.45, 2.75) is 0 Å². The van der Waals surface area contributed by atoms with Gasteiger partial charge in [-0.15, -0.1) is 0 Å². The number of fused-ring (bicyclic) bond motifs is 1. The van der Waals surface area contributed by atoms with Gasteiger partial charge in [0.25, 0.3) is 0 Å². The van der Waals surface area contributed by atoms with Crippen LogP contribution in [0.25, 0.3) is 16.7 Å². The average molecular weight is 252 g/mol. The number of nitrogens with zero attached hydrogens (tertiary/aromatic N) is 3. The van der Waals surface area contributed by atoms with E-state index in [4.69, 9.17) is 11.0 Å². The third kappa shape index (κ3) is 1.70. The molecule has 2 N–H and O–H groups in total. The molecule has 0 bridgehead atoms. The molecule has 0 spiro atoms. The van der Waals surface area contributed by atoms with Crippen molar-refractivity contribution >= 4 is 17.0 Å². The third-order valence-corrected chi connectivity index (χ3v) is 2.90. The summed E-state index contributed by atoms with van der Waals surface area (Å²) in [5, 5.41) is 8.75. The van der Waals surface area contributed by atoms with Gasteiger partial charge < -0.3 is 5.73 Å². The molecular weight excluding hydrogens is 243 g/mol. The van der Waals surface area contributed by atoms with E-state index < -0.39 is 5.82 Å². The molecule has 0 aliphatic heterocycles. The normalized spacial score (nSPS) is 10.5. The highest BCUT2D eigenvalue weighted by Crippen LogP contribution is 2.25. The number of anilines is 1. The van der Waals surface area contributed by atoms with Gasteiger partial charge in [-0.25, -0.2) is 9.37 Å². The average Bonchev–Trinajstić information content (AvgIpc) is 2.75. The lowest BCUT2D eigenvalue weighted by Gasteiger charge is -2.07. The zero-order chi connectivity index (χ0) is 13.4. The lowest BCUT2D eigenvalue weighted by atomic mass is 10.2. The predicted molar refractivity (Wildman–Crippen MR) is 70.2 cm³/mol. The summed E-state index contributed by atoms with van der Waals surface area (Å²) in [6.45, 7) is 0. The summed E-state index contributed by atoms with van der Waals surface area (Å²) >= 11 is 0. The minimum absolute atomic E-state index is 0.213. The van der Waals surface area contributed by atoms with Crippen LogP contribution in [0.1, 0.15) is 5.56 Å². The van der Waals surface area contributed by atoms with Crippen LogP contribution in [-0.4, -0.2) is 9.55 Å². The van der Waals surface area contributed by atoms with Crippen molar-refractivity contribution in [1.29, 1.82) is 5.26 Å². The number of benzene rings is 2. The van der Waals surface area contributed by atoms with Crippen LogP contribution in [0.3, 0.4) is 0 Å². The van der Waals surface area contributed by atoms with Crippen molar-refractivity contribution in [3.05, 3.63) is 53.8 Å². The van der Waals surface area contributed by atoms with Crippen LogP contribution in [-0.2, 0) is 0 Å². The first-order valence-electron chi connectivity index (χ1n) is 5.63. The Morgan fingerprint density at radius 1 is 1.21 bits per heavy atom. The van der Waals surface area contributed by atoms with Crippen molar-refractivity contribution < 1.29 is 4.39 Å². The van der Waals surface area contributed by atoms with Gasteiger partial charge in [-0.3, -0.25) is 4.57 Å². The van der Waals surface area contributed by atoms with E-state index >= 15 is 0 Å². The summed E-state index contributed by atoms with van der Waals surface area (Å²) in [5.41, 5.74) is 7.82. The molecule has 0 unspecified atom stereocenters. The molecule has 0 amide bonds. The second kappa shape index (κ2) is 4.10. The summed E-state index contributed by atoms with van der Waals surface area (Å²) in [6, 6.07) is 13.5. The number of halogens is 1. The molecule has 4 nitrogen and oxygen atoms in total. The smallest absolute Gasteiger partial charge is 0.206 e. The highest BCUT2D eigenvalue weighted by Gasteiger charge is 2.13. The molecule has 0 atom stereocenters. The lowest BCUT2D eigenvalue weighted by molar-refractivity contribution is 0.619. The molecule has 0 aliphatic carbocycles. The van der Waals surface area contributed by atoms with E-state index in [1.165, 1.54) is 16.7 Å². The monoisotopic (exact) mass is 252 g/mol. The highest BCUT2D eigenvalue weighted by atomic mass is 19.1. The van der Waals surface area contributed by atoms with E-state index in [1.54, 1.807) is 6.07 Å². The Labute approximate surface area is 108 Å². The minimum Gasteiger partial charge on any atom is -0.369 e. The van der Waals surface area contributed by atoms with Crippen LogP contribution in [0.4, 0.5) is 10.3 Å². The van der Waals surface area contributed by atoms with Crippen molar-refractivity contribution in [1.82, 2.24) is 9.55 Å². The topological polar surface area (TPSA) is 67.6 Å². The molecule has 1 aromatic heterocycles. The largest absolute Gasteiger partial charge is 0.369 e. The molecule has 0 aliphatic rings. The number of hydrogen-bond donors (Lipinski definition) is 1. The zero-order valence-electron chi connectivity index (χ0n) is 9.84. The Morgan fingerprint density at radius 3 is 2.74 bits per heavy atom. The van der Waals surface area contributed by atoms with Gasteiger partial charge >= 0.3 is 0 Å². The van der Waals surface area contributed by atoms with E-state index in [0.29, 0.717) is 5.52 Å². The lowest BCUT2D eigenvalue weighted by Crippen LogP contribution is -2.03. The van der Waals surface area contributed by atoms with Gasteiger partial charge in [0.1, 0.15) is 5.82 Å². The van der Waals surface area contributed by atoms with E-state index in [1.807, 2.05) is 30.3 Å². The summed E-state index contributed by atoms with van der Waals surface area (Å²) in [5.74, 6) is -0.293. The summed E-state index contributed by atoms with van der Waals surface area (Å²) in [6.07, 6.45) is 0. The maximum atomic E-state index is 14.1. The SMILES string of the molecule is N#Cc1ccc(-n2c(N)nc3ccccc32)c(F)c1. The van der Waals surface area contributed by atoms with Crippen molar-refractivity contribution in [2.24, 2.45) is 0 Å². The first-order chi connectivity index (χ1) is 9.20. The van der Waals surface area contributed by atoms with Gasteiger partial charge in [-0.05, 0) is 30.3 Å². The molecule has 1 heterocycles. The fourth-order valence-electron chi connectivity index (χ4n) is 2.06. The first-order valence-corrected chi connectivity index (χ1v) is 5.63. The quantitative estimate of drug-likeness (QED) is 0.723. The minimum atomic E-state index is -0.506. The summed E-state index contributed by atoms with van der Waals surface area (Å²) in [7, 11) is 0. The molecule has 2 aromatic carbocycles. The maximum absolute atomic E-state index is 14.1. The summed E-state index contributed by atoms with van der Waals surface area (Å²) in [4.78, 5) is 4.18. The number of nitriles is 1. The Hall–Kier alpha value is -2.87. The van der Waals surface area contributed by atoms with Gasteiger partial charge in [0.05, 0.1) is 28.4 Å². The highest BCUT2D eigenvalue weighted by molar-refractivity contribution is 5.80. The molecule has 0 radical (unpaired) electrons. The number of nitrogen functional groups attached to an aromatic ring is 1. The molecule has 3 aromatic rings. The van der Waals surface area contributed by atoms with Gasteiger partial charge in [-0.2, -0.15) is 5.26 Å². The van der Waals surface area contributed by atoms with Crippen LogP contribution >= 0.6 is 0 Å². The standard InChI is InChI=1S/C14H9FN4/c15-10-7-9(8-16)5-6-12(10)19-13-4-2-1-3-11(13)18-14(19)17/h1-7H,(H2,17,18). The summed E-state index contributed by atoms with van der Waals surface area (Å²) < 4.78 is 15.6. The van der Waals surface area contributed by atoms with Crippen LogP contribution in [0.15, 0.2) is 42.5 Å². The van der Waals surface area contributed by atoms with Gasteiger partial charge in [0, 0.05) is 0 Å². The van der Waals surface area contributed by atoms with Crippen molar-refractivity contribution in [3.63, 3.8) is 0 Å². The molecule has 0 saturated carbocycles. The van der Waals surface area contributed by atoms with E-state index in [0.717, 1.165) is 5.52 Å². The van der Waals surface area contributed by atoms with Crippen LogP contribution in [0.2, 0.25) is 0 Å². The van der Waals surface area contributed by atoms with Crippen LogP contribution < -0.4 is 5.73 Å². The molecule has 3 rings (SSSR count). The first kappa shape index (κ1) is 11.2. The Balaban J connectivity index is 2.31. The fourth-order valence-corrected chi connectivity index (χ4v) is 2.06. The molecule has 92 valence electrons. The zero-order valence-corrected chi connectivity index (χ0v) is 9.84. The van der Waals surface area contributed by atoms with Crippen molar-refractivity contribution in [3.8, 4) is 11.8 Å². The van der Waals surface area contributed by atoms with E-state index in [9.17, 15) is 4.39 Å². The Morgan fingerprint density at radius 2 is 2.00 bits per heavy atom. The van der Waals surface area contributed by atoms with E-state index in [-0.39, 0.29) is 17.2 Å². The van der Waals surface area contributed by atoms with Gasteiger partial charge in [-0.1, -0.05) is 12.1 Å². The van der Waals surface area contributed by atoms with Crippen molar-refractivity contribution in [2.75, 3.05) is 5.73 Å². The third-order valence-electron chi connectivity index (χ3n) is 2.90. The van der Waals surface area contributed by atoms with Crippen LogP contribution in [0.5, 0.6) is 0 Å². The fraction of sp³-hybridized carbons (Fsp3) is 0. The molecular formula is C14H9FN4. The second-order valence-corrected chi connectivity index (χ2v) is 4.07. The molecule has 5 heteroatoms. The van der Waals surface area contributed by atoms with Gasteiger partial charge in [0.15, 0.2) is 0 Å². The molecule has 0 saturated heterocycles. The number of hydrogen-bond acceptors (Lipinski definition) is 3. The Kier molecular flexibility index (Phi) is 2.43. The number of rotatable bonds is 1. The number of nitrogens with two attached hydrogens (primary N) is 1. The molecule has 19 heavy (non-hydrogen) atoms. The van der Waals surface area contributed by atoms with Gasteiger partial charge in [0.2, 0.25) is 5.95 Å². The molecule has 0 fully saturated rings. The second-order valence-electron chi connectivity index (χ2n) is 4.07. The predicted octanol–water partition coefficient (Wildman–Crippen LogP) is 2.62. The van der Waals surface area contributed by atoms with Crippen LogP contribution in [0, 0.1) is 17.1 Å². The maximum Gasteiger partial charge on any atom is 0.206 e. The number of imidazole rings is 1. The van der Waals surface area contributed by atoms with E-state index in [2.05, 4.69) is 4.98 Å². The number of para-hydroxylation sites is 2. The number of aromatic nitrogens is 2.